The fraction of sp³-hybridized carbons (Fsp3) is 0.160. The van der Waals surface area contributed by atoms with E-state index in [-0.39, 0.29) is 23.0 Å². The molecule has 168 valence electrons. The van der Waals surface area contributed by atoms with Gasteiger partial charge in [-0.25, -0.2) is 9.37 Å². The minimum absolute atomic E-state index is 0.0168. The molecule has 0 spiro atoms. The van der Waals surface area contributed by atoms with Crippen LogP contribution in [0, 0.1) is 12.7 Å². The first-order valence-corrected chi connectivity index (χ1v) is 11.2. The van der Waals surface area contributed by atoms with Crippen LogP contribution in [0.15, 0.2) is 76.7 Å². The van der Waals surface area contributed by atoms with E-state index < -0.39 is 0 Å². The maximum absolute atomic E-state index is 13.8. The van der Waals surface area contributed by atoms with Gasteiger partial charge in [-0.1, -0.05) is 42.1 Å². The normalized spacial score (nSPS) is 10.9. The molecule has 0 fully saturated rings. The van der Waals surface area contributed by atoms with Gasteiger partial charge in [-0.2, -0.15) is 0 Å². The highest BCUT2D eigenvalue weighted by Gasteiger charge is 2.14. The van der Waals surface area contributed by atoms with Crippen LogP contribution >= 0.6 is 11.8 Å². The SMILES string of the molecule is COc1ccc(Cn2c(SCC(=O)Nc3ccc(C)c(F)c3)nc3ccccc3c2=O)cc1. The number of ether oxygens (including phenoxy) is 1. The van der Waals surface area contributed by atoms with Crippen molar-refractivity contribution in [2.75, 3.05) is 18.2 Å². The second-order valence-electron chi connectivity index (χ2n) is 7.45. The fourth-order valence-electron chi connectivity index (χ4n) is 3.31. The van der Waals surface area contributed by atoms with Crippen molar-refractivity contribution in [3.8, 4) is 5.75 Å². The molecule has 1 amide bonds. The van der Waals surface area contributed by atoms with Gasteiger partial charge in [0.05, 0.1) is 30.3 Å². The molecule has 0 bridgehead atoms. The van der Waals surface area contributed by atoms with E-state index in [0.29, 0.717) is 33.9 Å². The van der Waals surface area contributed by atoms with Crippen molar-refractivity contribution >= 4 is 34.3 Å². The van der Waals surface area contributed by atoms with E-state index in [2.05, 4.69) is 10.3 Å². The molecule has 1 aromatic heterocycles. The molecule has 1 heterocycles. The molecule has 0 unspecified atom stereocenters. The summed E-state index contributed by atoms with van der Waals surface area (Å²) in [5.41, 5.74) is 2.17. The Balaban J connectivity index is 1.59. The van der Waals surface area contributed by atoms with Crippen LogP contribution < -0.4 is 15.6 Å². The van der Waals surface area contributed by atoms with Crippen LogP contribution in [0.5, 0.6) is 5.75 Å². The molecule has 0 atom stereocenters. The van der Waals surface area contributed by atoms with Crippen molar-refractivity contribution in [2.45, 2.75) is 18.6 Å². The summed E-state index contributed by atoms with van der Waals surface area (Å²) >= 11 is 1.16. The summed E-state index contributed by atoms with van der Waals surface area (Å²) in [6.07, 6.45) is 0. The highest BCUT2D eigenvalue weighted by atomic mass is 32.2. The van der Waals surface area contributed by atoms with Crippen LogP contribution in [0.1, 0.15) is 11.1 Å². The third-order valence-corrected chi connectivity index (χ3v) is 6.09. The lowest BCUT2D eigenvalue weighted by Crippen LogP contribution is -2.25. The minimum atomic E-state index is -0.384. The van der Waals surface area contributed by atoms with Crippen LogP contribution in [0.2, 0.25) is 0 Å². The van der Waals surface area contributed by atoms with Crippen molar-refractivity contribution in [1.29, 1.82) is 0 Å². The van der Waals surface area contributed by atoms with Crippen molar-refractivity contribution in [2.24, 2.45) is 0 Å². The molecule has 0 saturated heterocycles. The van der Waals surface area contributed by atoms with Gasteiger partial charge in [0.2, 0.25) is 5.91 Å². The van der Waals surface area contributed by atoms with Crippen molar-refractivity contribution < 1.29 is 13.9 Å². The number of rotatable bonds is 7. The molecule has 1 N–H and O–H groups in total. The molecule has 8 heteroatoms. The van der Waals surface area contributed by atoms with Crippen LogP contribution in [0.4, 0.5) is 10.1 Å². The Morgan fingerprint density at radius 2 is 1.88 bits per heavy atom. The largest absolute Gasteiger partial charge is 0.497 e. The summed E-state index contributed by atoms with van der Waals surface area (Å²) in [5.74, 6) is 0.0382. The second kappa shape index (κ2) is 9.87. The maximum atomic E-state index is 13.8. The lowest BCUT2D eigenvalue weighted by molar-refractivity contribution is -0.113. The summed E-state index contributed by atoms with van der Waals surface area (Å²) < 4.78 is 20.5. The molecule has 33 heavy (non-hydrogen) atoms. The number of benzene rings is 3. The number of methoxy groups -OCH3 is 1. The second-order valence-corrected chi connectivity index (χ2v) is 8.39. The number of para-hydroxylation sites is 1. The highest BCUT2D eigenvalue weighted by molar-refractivity contribution is 7.99. The predicted molar refractivity (Wildman–Crippen MR) is 129 cm³/mol. The molecular formula is C25H22FN3O3S. The molecule has 3 aromatic carbocycles. The minimum Gasteiger partial charge on any atom is -0.497 e. The monoisotopic (exact) mass is 463 g/mol. The van der Waals surface area contributed by atoms with Gasteiger partial charge < -0.3 is 10.1 Å². The number of hydrogen-bond acceptors (Lipinski definition) is 5. The van der Waals surface area contributed by atoms with Crippen molar-refractivity contribution in [1.82, 2.24) is 9.55 Å². The smallest absolute Gasteiger partial charge is 0.262 e. The van der Waals surface area contributed by atoms with E-state index in [1.54, 1.807) is 48.9 Å². The van der Waals surface area contributed by atoms with Gasteiger partial charge >= 0.3 is 0 Å². The van der Waals surface area contributed by atoms with Crippen molar-refractivity contribution in [3.63, 3.8) is 0 Å². The number of anilines is 1. The highest BCUT2D eigenvalue weighted by Crippen LogP contribution is 2.21. The molecule has 4 rings (SSSR count). The number of aryl methyl sites for hydroxylation is 1. The topological polar surface area (TPSA) is 73.2 Å². The van der Waals surface area contributed by atoms with Gasteiger partial charge in [-0.3, -0.25) is 14.2 Å². The molecule has 0 radical (unpaired) electrons. The average Bonchev–Trinajstić information content (AvgIpc) is 2.82. The van der Waals surface area contributed by atoms with Gasteiger partial charge in [-0.15, -0.1) is 0 Å². The Morgan fingerprint density at radius 1 is 1.12 bits per heavy atom. The third-order valence-electron chi connectivity index (χ3n) is 5.11. The van der Waals surface area contributed by atoms with Gasteiger partial charge in [-0.05, 0) is 54.4 Å². The molecule has 6 nitrogen and oxygen atoms in total. The Labute approximate surface area is 194 Å². The molecule has 0 aliphatic rings. The number of nitrogens with zero attached hydrogens (tertiary/aromatic N) is 2. The summed E-state index contributed by atoms with van der Waals surface area (Å²) in [5, 5.41) is 3.62. The molecule has 0 aliphatic heterocycles. The number of aromatic nitrogens is 2. The lowest BCUT2D eigenvalue weighted by Gasteiger charge is -2.14. The van der Waals surface area contributed by atoms with E-state index in [4.69, 9.17) is 4.74 Å². The van der Waals surface area contributed by atoms with Crippen LogP contribution in [0.25, 0.3) is 10.9 Å². The molecule has 0 saturated carbocycles. The first kappa shape index (κ1) is 22.5. The van der Waals surface area contributed by atoms with Crippen LogP contribution in [0.3, 0.4) is 0 Å². The van der Waals surface area contributed by atoms with E-state index in [1.165, 1.54) is 6.07 Å². The van der Waals surface area contributed by atoms with Gasteiger partial charge in [0, 0.05) is 5.69 Å². The zero-order valence-electron chi connectivity index (χ0n) is 18.2. The number of carbonyl (C=O) groups is 1. The summed E-state index contributed by atoms with van der Waals surface area (Å²) in [7, 11) is 1.59. The summed E-state index contributed by atoms with van der Waals surface area (Å²) in [4.78, 5) is 30.3. The Bertz CT molecular complexity index is 1370. The number of amides is 1. The Morgan fingerprint density at radius 3 is 2.61 bits per heavy atom. The third kappa shape index (κ3) is 5.23. The Kier molecular flexibility index (Phi) is 6.74. The summed E-state index contributed by atoms with van der Waals surface area (Å²) in [6, 6.07) is 19.1. The zero-order valence-corrected chi connectivity index (χ0v) is 19.0. The van der Waals surface area contributed by atoms with E-state index in [9.17, 15) is 14.0 Å². The van der Waals surface area contributed by atoms with Gasteiger partial charge in [0.25, 0.3) is 5.56 Å². The first-order valence-electron chi connectivity index (χ1n) is 10.3. The van der Waals surface area contributed by atoms with Crippen molar-refractivity contribution in [3.05, 3.63) is 94.0 Å². The average molecular weight is 464 g/mol. The fourth-order valence-corrected chi connectivity index (χ4v) is 4.11. The zero-order chi connectivity index (χ0) is 23.4. The molecule has 0 aliphatic carbocycles. The number of carbonyl (C=O) groups excluding carboxylic acids is 1. The standard InChI is InChI=1S/C25H22FN3O3S/c1-16-7-10-18(13-21(16)26)27-23(30)15-33-25-28-22-6-4-3-5-20(22)24(31)29(25)14-17-8-11-19(32-2)12-9-17/h3-13H,14-15H2,1-2H3,(H,27,30). The van der Waals surface area contributed by atoms with Crippen LogP contribution in [-0.4, -0.2) is 28.3 Å². The Hall–Kier alpha value is -3.65. The maximum Gasteiger partial charge on any atom is 0.262 e. The number of halogens is 1. The number of nitrogens with one attached hydrogen (secondary N) is 1. The number of thioether (sulfide) groups is 1. The van der Waals surface area contributed by atoms with E-state index >= 15 is 0 Å². The number of hydrogen-bond donors (Lipinski definition) is 1. The molecule has 4 aromatic rings. The van der Waals surface area contributed by atoms with Gasteiger partial charge in [0.1, 0.15) is 11.6 Å². The first-order chi connectivity index (χ1) is 15.9. The van der Waals surface area contributed by atoms with Gasteiger partial charge in [0.15, 0.2) is 5.16 Å². The van der Waals surface area contributed by atoms with E-state index in [0.717, 1.165) is 23.1 Å². The lowest BCUT2D eigenvalue weighted by atomic mass is 10.2. The predicted octanol–water partition coefficient (Wildman–Crippen LogP) is 4.63. The van der Waals surface area contributed by atoms with E-state index in [1.807, 2.05) is 30.3 Å². The number of fused-ring (bicyclic) bond motifs is 1. The quantitative estimate of drug-likeness (QED) is 0.320. The van der Waals surface area contributed by atoms with Crippen LogP contribution in [-0.2, 0) is 11.3 Å². The molecular weight excluding hydrogens is 441 g/mol. The summed E-state index contributed by atoms with van der Waals surface area (Å²) in [6.45, 7) is 1.96.